The van der Waals surface area contributed by atoms with Crippen molar-refractivity contribution in [2.45, 2.75) is 18.8 Å². The van der Waals surface area contributed by atoms with Crippen molar-refractivity contribution in [1.29, 1.82) is 0 Å². The van der Waals surface area contributed by atoms with E-state index in [1.54, 1.807) is 24.1 Å². The summed E-state index contributed by atoms with van der Waals surface area (Å²) in [5, 5.41) is 8.96. The van der Waals surface area contributed by atoms with Gasteiger partial charge >= 0.3 is 0 Å². The highest BCUT2D eigenvalue weighted by Gasteiger charge is 2.28. The summed E-state index contributed by atoms with van der Waals surface area (Å²) in [4.78, 5) is 4.42. The molecule has 1 saturated carbocycles. The Hall–Kier alpha value is -2.34. The minimum Gasteiger partial charge on any atom is -0.495 e. The van der Waals surface area contributed by atoms with Crippen LogP contribution in [0.4, 0.5) is 0 Å². The molecular weight excluding hydrogens is 302 g/mol. The van der Waals surface area contributed by atoms with Crippen molar-refractivity contribution in [2.24, 2.45) is 0 Å². The van der Waals surface area contributed by atoms with Gasteiger partial charge in [0.25, 0.3) is 0 Å². The van der Waals surface area contributed by atoms with Crippen LogP contribution < -0.4 is 4.74 Å². The highest BCUT2D eigenvalue weighted by atomic mass is 35.5. The van der Waals surface area contributed by atoms with Crippen molar-refractivity contribution in [3.63, 3.8) is 0 Å². The average Bonchev–Trinajstić information content (AvgIpc) is 3.07. The molecule has 2 aromatic heterocycles. The van der Waals surface area contributed by atoms with Gasteiger partial charge in [-0.05, 0) is 31.0 Å². The van der Waals surface area contributed by atoms with Crippen molar-refractivity contribution in [1.82, 2.24) is 24.5 Å². The first-order valence-corrected chi connectivity index (χ1v) is 7.44. The number of rotatable bonds is 4. The first kappa shape index (κ1) is 13.3. The van der Waals surface area contributed by atoms with Crippen LogP contribution in [0.2, 0.25) is 5.02 Å². The fourth-order valence-electron chi connectivity index (χ4n) is 2.44. The molecule has 7 heteroatoms. The predicted molar refractivity (Wildman–Crippen MR) is 82.0 cm³/mol. The third-order valence-electron chi connectivity index (χ3n) is 3.74. The highest BCUT2D eigenvalue weighted by Crippen LogP contribution is 2.39. The Morgan fingerprint density at radius 3 is 2.91 bits per heavy atom. The van der Waals surface area contributed by atoms with Crippen molar-refractivity contribution in [3.8, 4) is 17.3 Å². The van der Waals surface area contributed by atoms with E-state index in [0.29, 0.717) is 16.7 Å². The van der Waals surface area contributed by atoms with Gasteiger partial charge < -0.3 is 4.74 Å². The van der Waals surface area contributed by atoms with Gasteiger partial charge in [0.05, 0.1) is 24.0 Å². The van der Waals surface area contributed by atoms with E-state index >= 15 is 0 Å². The maximum atomic E-state index is 6.16. The number of ether oxygens (including phenoxy) is 1. The maximum absolute atomic E-state index is 6.16. The van der Waals surface area contributed by atoms with Gasteiger partial charge in [-0.15, -0.1) is 5.10 Å². The summed E-state index contributed by atoms with van der Waals surface area (Å²) >= 11 is 6.16. The van der Waals surface area contributed by atoms with E-state index in [9.17, 15) is 0 Å². The molecule has 4 rings (SSSR count). The molecule has 0 unspecified atom stereocenters. The standard InChI is InChI=1S/C15H14ClN5O/c1-22-13-5-4-11(8-12(13)16)21-9-14(18-19-21)20-7-6-17-15(20)10-2-3-10/h4-10H,2-3H2,1H3. The van der Waals surface area contributed by atoms with Gasteiger partial charge in [0.1, 0.15) is 11.6 Å². The Kier molecular flexibility index (Phi) is 3.11. The molecule has 0 amide bonds. The number of imidazole rings is 1. The monoisotopic (exact) mass is 315 g/mol. The molecule has 0 N–H and O–H groups in total. The molecule has 0 radical (unpaired) electrons. The van der Waals surface area contributed by atoms with E-state index in [4.69, 9.17) is 16.3 Å². The van der Waals surface area contributed by atoms with Gasteiger partial charge in [-0.1, -0.05) is 16.8 Å². The minimum absolute atomic E-state index is 0.540. The zero-order chi connectivity index (χ0) is 15.1. The number of benzene rings is 1. The van der Waals surface area contributed by atoms with Gasteiger partial charge in [-0.3, -0.25) is 4.57 Å². The van der Waals surface area contributed by atoms with Crippen LogP contribution in [0.15, 0.2) is 36.8 Å². The van der Waals surface area contributed by atoms with Crippen molar-refractivity contribution >= 4 is 11.6 Å². The molecule has 0 bridgehead atoms. The lowest BCUT2D eigenvalue weighted by Crippen LogP contribution is -1.99. The second-order valence-corrected chi connectivity index (χ2v) is 5.68. The van der Waals surface area contributed by atoms with Crippen LogP contribution in [0, 0.1) is 0 Å². The summed E-state index contributed by atoms with van der Waals surface area (Å²) < 4.78 is 8.84. The smallest absolute Gasteiger partial charge is 0.181 e. The number of aromatic nitrogens is 5. The zero-order valence-corrected chi connectivity index (χ0v) is 12.7. The molecule has 0 spiro atoms. The Bertz CT molecular complexity index is 821. The second-order valence-electron chi connectivity index (χ2n) is 5.27. The highest BCUT2D eigenvalue weighted by molar-refractivity contribution is 6.32. The predicted octanol–water partition coefficient (Wildman–Crippen LogP) is 2.99. The van der Waals surface area contributed by atoms with Crippen molar-refractivity contribution in [2.75, 3.05) is 7.11 Å². The topological polar surface area (TPSA) is 57.8 Å². The summed E-state index contributed by atoms with van der Waals surface area (Å²) in [6, 6.07) is 5.50. The number of hydrogen-bond donors (Lipinski definition) is 0. The summed E-state index contributed by atoms with van der Waals surface area (Å²) in [6.45, 7) is 0. The van der Waals surface area contributed by atoms with E-state index < -0.39 is 0 Å². The molecule has 112 valence electrons. The van der Waals surface area contributed by atoms with E-state index in [2.05, 4.69) is 15.3 Å². The average molecular weight is 316 g/mol. The molecule has 1 fully saturated rings. The van der Waals surface area contributed by atoms with Crippen LogP contribution in [0.5, 0.6) is 5.75 Å². The van der Waals surface area contributed by atoms with Gasteiger partial charge in [0.15, 0.2) is 5.82 Å². The van der Waals surface area contributed by atoms with Crippen LogP contribution in [-0.4, -0.2) is 31.7 Å². The molecule has 1 aliphatic rings. The van der Waals surface area contributed by atoms with Crippen LogP contribution in [0.3, 0.4) is 0 Å². The van der Waals surface area contributed by atoms with E-state index in [1.807, 2.05) is 29.1 Å². The molecule has 3 aromatic rings. The second kappa shape index (κ2) is 5.14. The quantitative estimate of drug-likeness (QED) is 0.742. The van der Waals surface area contributed by atoms with Gasteiger partial charge in [0.2, 0.25) is 0 Å². The van der Waals surface area contributed by atoms with E-state index in [1.165, 1.54) is 12.8 Å². The molecule has 0 atom stereocenters. The third kappa shape index (κ3) is 2.25. The first-order valence-electron chi connectivity index (χ1n) is 7.06. The van der Waals surface area contributed by atoms with E-state index in [-0.39, 0.29) is 0 Å². The molecule has 1 aliphatic carbocycles. The normalized spacial score (nSPS) is 14.3. The molecule has 0 saturated heterocycles. The Labute approximate surface area is 132 Å². The molecule has 6 nitrogen and oxygen atoms in total. The van der Waals surface area contributed by atoms with Crippen LogP contribution in [0.1, 0.15) is 24.6 Å². The number of hydrogen-bond acceptors (Lipinski definition) is 4. The number of halogens is 1. The summed E-state index contributed by atoms with van der Waals surface area (Å²) in [5.74, 6) is 3.00. The fourth-order valence-corrected chi connectivity index (χ4v) is 2.69. The number of methoxy groups -OCH3 is 1. The van der Waals surface area contributed by atoms with E-state index in [0.717, 1.165) is 17.3 Å². The zero-order valence-electron chi connectivity index (χ0n) is 12.0. The number of nitrogens with zero attached hydrogens (tertiary/aromatic N) is 5. The van der Waals surface area contributed by atoms with Crippen LogP contribution in [-0.2, 0) is 0 Å². The van der Waals surface area contributed by atoms with Gasteiger partial charge in [-0.25, -0.2) is 9.67 Å². The lowest BCUT2D eigenvalue weighted by atomic mass is 10.3. The Morgan fingerprint density at radius 2 is 2.18 bits per heavy atom. The SMILES string of the molecule is COc1ccc(-n2cc(-n3ccnc3C3CC3)nn2)cc1Cl. The van der Waals surface area contributed by atoms with Crippen molar-refractivity contribution < 1.29 is 4.74 Å². The molecule has 2 heterocycles. The summed E-state index contributed by atoms with van der Waals surface area (Å²) in [7, 11) is 1.59. The van der Waals surface area contributed by atoms with Gasteiger partial charge in [0, 0.05) is 18.3 Å². The third-order valence-corrected chi connectivity index (χ3v) is 4.04. The Morgan fingerprint density at radius 1 is 1.32 bits per heavy atom. The lowest BCUT2D eigenvalue weighted by Gasteiger charge is -2.05. The van der Waals surface area contributed by atoms with Crippen LogP contribution in [0.25, 0.3) is 11.5 Å². The summed E-state index contributed by atoms with van der Waals surface area (Å²) in [5.41, 5.74) is 0.831. The summed E-state index contributed by atoms with van der Waals surface area (Å²) in [6.07, 6.45) is 7.98. The minimum atomic E-state index is 0.540. The first-order chi connectivity index (χ1) is 10.8. The Balaban J connectivity index is 1.69. The molecule has 22 heavy (non-hydrogen) atoms. The molecular formula is C15H14ClN5O. The lowest BCUT2D eigenvalue weighted by molar-refractivity contribution is 0.415. The largest absolute Gasteiger partial charge is 0.495 e. The molecule has 1 aromatic carbocycles. The van der Waals surface area contributed by atoms with Crippen molar-refractivity contribution in [3.05, 3.63) is 47.6 Å². The maximum Gasteiger partial charge on any atom is 0.181 e. The fraction of sp³-hybridized carbons (Fsp3) is 0.267. The van der Waals surface area contributed by atoms with Crippen LogP contribution >= 0.6 is 11.6 Å². The van der Waals surface area contributed by atoms with Gasteiger partial charge in [-0.2, -0.15) is 0 Å². The molecule has 0 aliphatic heterocycles.